The van der Waals surface area contributed by atoms with Gasteiger partial charge in [-0.2, -0.15) is 0 Å². The van der Waals surface area contributed by atoms with Crippen LogP contribution in [0.25, 0.3) is 0 Å². The molecule has 0 radical (unpaired) electrons. The van der Waals surface area contributed by atoms with Gasteiger partial charge in [0, 0.05) is 32.8 Å². The highest BCUT2D eigenvalue weighted by Crippen LogP contribution is 2.19. The maximum atomic E-state index is 5.98. The van der Waals surface area contributed by atoms with E-state index in [9.17, 15) is 0 Å². The number of ether oxygens (including phenoxy) is 2. The number of nitrogens with zero attached hydrogens (tertiary/aromatic N) is 1. The van der Waals surface area contributed by atoms with Gasteiger partial charge in [0.15, 0.2) is 5.96 Å². The molecular weight excluding hydrogens is 278 g/mol. The minimum Gasteiger partial charge on any atom is -0.382 e. The largest absolute Gasteiger partial charge is 0.382 e. The van der Waals surface area contributed by atoms with Gasteiger partial charge in [0.2, 0.25) is 0 Å². The molecule has 0 aliphatic heterocycles. The zero-order chi connectivity index (χ0) is 15.9. The maximum Gasteiger partial charge on any atom is 0.191 e. The second-order valence-electron chi connectivity index (χ2n) is 5.72. The molecule has 1 aliphatic rings. The maximum absolute atomic E-state index is 5.98. The fourth-order valence-corrected chi connectivity index (χ4v) is 2.65. The van der Waals surface area contributed by atoms with Crippen molar-refractivity contribution in [2.45, 2.75) is 64.9 Å². The standard InChI is InChI=1S/C17H35N3O2/c1-3-18-17(19-12-9-14-21-4-2)20-13-15-22-16-10-7-5-6-8-11-16/h16H,3-15H2,1-2H3,(H2,18,19,20). The van der Waals surface area contributed by atoms with Gasteiger partial charge in [-0.25, -0.2) is 0 Å². The van der Waals surface area contributed by atoms with Crippen molar-refractivity contribution in [3.05, 3.63) is 0 Å². The summed E-state index contributed by atoms with van der Waals surface area (Å²) in [6, 6.07) is 0. The molecule has 1 fully saturated rings. The lowest BCUT2D eigenvalue weighted by molar-refractivity contribution is 0.0468. The third-order valence-electron chi connectivity index (χ3n) is 3.82. The van der Waals surface area contributed by atoms with Gasteiger partial charge in [-0.05, 0) is 33.1 Å². The van der Waals surface area contributed by atoms with Crippen molar-refractivity contribution in [2.75, 3.05) is 39.5 Å². The third-order valence-corrected chi connectivity index (χ3v) is 3.82. The molecule has 0 unspecified atom stereocenters. The van der Waals surface area contributed by atoms with E-state index in [2.05, 4.69) is 22.5 Å². The van der Waals surface area contributed by atoms with Crippen LogP contribution >= 0.6 is 0 Å². The van der Waals surface area contributed by atoms with Crippen molar-refractivity contribution in [3.63, 3.8) is 0 Å². The fraction of sp³-hybridized carbons (Fsp3) is 0.941. The second-order valence-corrected chi connectivity index (χ2v) is 5.72. The zero-order valence-corrected chi connectivity index (χ0v) is 14.5. The first-order valence-electron chi connectivity index (χ1n) is 9.08. The van der Waals surface area contributed by atoms with Gasteiger partial charge in [-0.15, -0.1) is 0 Å². The van der Waals surface area contributed by atoms with Crippen LogP contribution in [0.3, 0.4) is 0 Å². The van der Waals surface area contributed by atoms with Crippen LogP contribution in [0, 0.1) is 0 Å². The summed E-state index contributed by atoms with van der Waals surface area (Å²) >= 11 is 0. The second kappa shape index (κ2) is 13.8. The van der Waals surface area contributed by atoms with Crippen LogP contribution in [-0.2, 0) is 9.47 Å². The van der Waals surface area contributed by atoms with Crippen molar-refractivity contribution in [1.29, 1.82) is 0 Å². The van der Waals surface area contributed by atoms with Crippen molar-refractivity contribution >= 4 is 5.96 Å². The summed E-state index contributed by atoms with van der Waals surface area (Å²) in [5.41, 5.74) is 0. The van der Waals surface area contributed by atoms with E-state index in [0.29, 0.717) is 6.10 Å². The van der Waals surface area contributed by atoms with Crippen LogP contribution in [0.4, 0.5) is 0 Å². The average molecular weight is 313 g/mol. The van der Waals surface area contributed by atoms with Crippen molar-refractivity contribution in [2.24, 2.45) is 4.99 Å². The van der Waals surface area contributed by atoms with Crippen molar-refractivity contribution in [1.82, 2.24) is 10.6 Å². The third kappa shape index (κ3) is 10.0. The normalized spacial score (nSPS) is 17.3. The van der Waals surface area contributed by atoms with E-state index in [1.807, 2.05) is 6.92 Å². The molecule has 130 valence electrons. The number of rotatable bonds is 10. The predicted octanol–water partition coefficient (Wildman–Crippen LogP) is 2.71. The Bertz CT molecular complexity index is 277. The molecule has 22 heavy (non-hydrogen) atoms. The lowest BCUT2D eigenvalue weighted by Gasteiger charge is -2.16. The van der Waals surface area contributed by atoms with E-state index in [0.717, 1.165) is 51.8 Å². The van der Waals surface area contributed by atoms with Crippen LogP contribution in [0.1, 0.15) is 58.8 Å². The molecule has 0 spiro atoms. The number of nitrogens with one attached hydrogen (secondary N) is 2. The van der Waals surface area contributed by atoms with Crippen LogP contribution in [0.2, 0.25) is 0 Å². The average Bonchev–Trinajstić information content (AvgIpc) is 2.80. The molecule has 1 aliphatic carbocycles. The molecule has 0 aromatic heterocycles. The monoisotopic (exact) mass is 313 g/mol. The first-order chi connectivity index (χ1) is 10.9. The SMILES string of the molecule is CCNC(=NCCCOCC)NCCOC1CCCCCC1. The van der Waals surface area contributed by atoms with E-state index >= 15 is 0 Å². The van der Waals surface area contributed by atoms with E-state index in [4.69, 9.17) is 9.47 Å². The number of guanidine groups is 1. The Labute approximate surface area is 136 Å². The Morgan fingerprint density at radius 2 is 1.82 bits per heavy atom. The van der Waals surface area contributed by atoms with Gasteiger partial charge in [0.1, 0.15) is 0 Å². The molecular formula is C17H35N3O2. The minimum absolute atomic E-state index is 0.468. The summed E-state index contributed by atoms with van der Waals surface area (Å²) in [5, 5.41) is 6.60. The Morgan fingerprint density at radius 1 is 1.05 bits per heavy atom. The van der Waals surface area contributed by atoms with Gasteiger partial charge in [-0.3, -0.25) is 4.99 Å². The van der Waals surface area contributed by atoms with Crippen LogP contribution < -0.4 is 10.6 Å². The van der Waals surface area contributed by atoms with Crippen molar-refractivity contribution in [3.8, 4) is 0 Å². The van der Waals surface area contributed by atoms with E-state index < -0.39 is 0 Å². The van der Waals surface area contributed by atoms with Crippen molar-refractivity contribution < 1.29 is 9.47 Å². The molecule has 0 aromatic carbocycles. The van der Waals surface area contributed by atoms with Crippen LogP contribution in [0.15, 0.2) is 4.99 Å². The Balaban J connectivity index is 2.12. The number of aliphatic imine (C=N–C) groups is 1. The molecule has 0 bridgehead atoms. The molecule has 0 saturated heterocycles. The lowest BCUT2D eigenvalue weighted by atomic mass is 10.1. The molecule has 5 nitrogen and oxygen atoms in total. The molecule has 1 rings (SSSR count). The molecule has 1 saturated carbocycles. The zero-order valence-electron chi connectivity index (χ0n) is 14.5. The highest BCUT2D eigenvalue weighted by Gasteiger charge is 2.11. The molecule has 2 N–H and O–H groups in total. The Hall–Kier alpha value is -0.810. The highest BCUT2D eigenvalue weighted by molar-refractivity contribution is 5.79. The van der Waals surface area contributed by atoms with Gasteiger partial charge < -0.3 is 20.1 Å². The lowest BCUT2D eigenvalue weighted by Crippen LogP contribution is -2.39. The summed E-state index contributed by atoms with van der Waals surface area (Å²) < 4.78 is 11.3. The Morgan fingerprint density at radius 3 is 2.50 bits per heavy atom. The summed E-state index contributed by atoms with van der Waals surface area (Å²) in [5.74, 6) is 0.878. The van der Waals surface area contributed by atoms with Gasteiger partial charge in [0.05, 0.1) is 12.7 Å². The molecule has 0 aromatic rings. The summed E-state index contributed by atoms with van der Waals surface area (Å²) in [4.78, 5) is 4.54. The van der Waals surface area contributed by atoms with Gasteiger partial charge in [0.25, 0.3) is 0 Å². The van der Waals surface area contributed by atoms with Crippen LogP contribution in [0.5, 0.6) is 0 Å². The summed E-state index contributed by atoms with van der Waals surface area (Å²) in [6.07, 6.45) is 9.27. The minimum atomic E-state index is 0.468. The fourth-order valence-electron chi connectivity index (χ4n) is 2.65. The van der Waals surface area contributed by atoms with E-state index in [1.165, 1.54) is 38.5 Å². The number of hydrogen-bond donors (Lipinski definition) is 2. The van der Waals surface area contributed by atoms with Crippen LogP contribution in [-0.4, -0.2) is 51.5 Å². The first-order valence-corrected chi connectivity index (χ1v) is 9.08. The molecule has 5 heteroatoms. The number of hydrogen-bond acceptors (Lipinski definition) is 3. The molecule has 0 atom stereocenters. The van der Waals surface area contributed by atoms with Gasteiger partial charge in [-0.1, -0.05) is 25.7 Å². The van der Waals surface area contributed by atoms with Gasteiger partial charge >= 0.3 is 0 Å². The smallest absolute Gasteiger partial charge is 0.191 e. The Kier molecular flexibility index (Phi) is 12.1. The summed E-state index contributed by atoms with van der Waals surface area (Å²) in [7, 11) is 0. The predicted molar refractivity (Wildman–Crippen MR) is 92.5 cm³/mol. The molecule has 0 amide bonds. The molecule has 0 heterocycles. The first kappa shape index (κ1) is 19.2. The van der Waals surface area contributed by atoms with E-state index in [1.54, 1.807) is 0 Å². The highest BCUT2D eigenvalue weighted by atomic mass is 16.5. The van der Waals surface area contributed by atoms with E-state index in [-0.39, 0.29) is 0 Å². The summed E-state index contributed by atoms with van der Waals surface area (Å²) in [6.45, 7) is 8.90. The topological polar surface area (TPSA) is 54.9 Å². The quantitative estimate of drug-likeness (QED) is 0.282.